The molecule has 1 amide bonds. The summed E-state index contributed by atoms with van der Waals surface area (Å²) in [5, 5.41) is 2.98. The summed E-state index contributed by atoms with van der Waals surface area (Å²) in [5.74, 6) is 0.131. The maximum Gasteiger partial charge on any atom is 0.242 e. The molecule has 0 saturated heterocycles. The van der Waals surface area contributed by atoms with Crippen LogP contribution in [0.3, 0.4) is 0 Å². The highest BCUT2D eigenvalue weighted by molar-refractivity contribution is 7.89. The summed E-state index contributed by atoms with van der Waals surface area (Å²) in [4.78, 5) is 17.1. The van der Waals surface area contributed by atoms with Crippen molar-refractivity contribution in [3.05, 3.63) is 78.2 Å². The van der Waals surface area contributed by atoms with Crippen molar-refractivity contribution in [1.82, 2.24) is 15.0 Å². The van der Waals surface area contributed by atoms with Crippen LogP contribution in [-0.2, 0) is 14.8 Å². The van der Waals surface area contributed by atoms with Crippen molar-refractivity contribution in [2.45, 2.75) is 49.6 Å². The van der Waals surface area contributed by atoms with Crippen LogP contribution in [0.4, 0.5) is 4.39 Å². The zero-order chi connectivity index (χ0) is 25.7. The lowest BCUT2D eigenvalue weighted by atomic mass is 9.85. The van der Waals surface area contributed by atoms with Crippen LogP contribution in [0.1, 0.15) is 44.2 Å². The van der Waals surface area contributed by atoms with Gasteiger partial charge < -0.3 is 10.1 Å². The molecular formula is C27H30FN3O4S. The Morgan fingerprint density at radius 1 is 1.06 bits per heavy atom. The average Bonchev–Trinajstić information content (AvgIpc) is 2.89. The van der Waals surface area contributed by atoms with Gasteiger partial charge in [0.2, 0.25) is 15.9 Å². The summed E-state index contributed by atoms with van der Waals surface area (Å²) in [6.45, 7) is 1.86. The topological polar surface area (TPSA) is 97.4 Å². The third-order valence-electron chi connectivity index (χ3n) is 6.56. The van der Waals surface area contributed by atoms with Crippen LogP contribution in [0.5, 0.6) is 5.75 Å². The maximum absolute atomic E-state index is 13.1. The van der Waals surface area contributed by atoms with Crippen LogP contribution in [-0.4, -0.2) is 32.5 Å². The number of hydrogen-bond donors (Lipinski definition) is 2. The highest BCUT2D eigenvalue weighted by atomic mass is 32.2. The van der Waals surface area contributed by atoms with E-state index in [9.17, 15) is 17.6 Å². The Labute approximate surface area is 211 Å². The molecular weight excluding hydrogens is 481 g/mol. The van der Waals surface area contributed by atoms with E-state index in [0.29, 0.717) is 37.1 Å². The third-order valence-corrected chi connectivity index (χ3v) is 8.07. The summed E-state index contributed by atoms with van der Waals surface area (Å²) >= 11 is 0. The molecule has 3 aromatic rings. The second kappa shape index (κ2) is 11.2. The number of methoxy groups -OCH3 is 1. The van der Waals surface area contributed by atoms with Crippen LogP contribution >= 0.6 is 0 Å². The molecule has 1 aliphatic carbocycles. The number of benzene rings is 2. The van der Waals surface area contributed by atoms with Gasteiger partial charge in [0.05, 0.1) is 18.8 Å². The lowest BCUT2D eigenvalue weighted by Gasteiger charge is -2.29. The molecule has 0 aliphatic heterocycles. The molecule has 2 aromatic carbocycles. The van der Waals surface area contributed by atoms with Gasteiger partial charge in [-0.1, -0.05) is 24.3 Å². The Hall–Kier alpha value is -3.30. The van der Waals surface area contributed by atoms with Gasteiger partial charge in [-0.15, -0.1) is 0 Å². The zero-order valence-corrected chi connectivity index (χ0v) is 21.1. The number of hydrogen-bond acceptors (Lipinski definition) is 5. The first-order valence-corrected chi connectivity index (χ1v) is 13.4. The largest absolute Gasteiger partial charge is 0.497 e. The van der Waals surface area contributed by atoms with Crippen molar-refractivity contribution in [3.63, 3.8) is 0 Å². The van der Waals surface area contributed by atoms with Gasteiger partial charge in [0, 0.05) is 23.7 Å². The van der Waals surface area contributed by atoms with Crippen molar-refractivity contribution >= 4 is 15.9 Å². The number of rotatable bonds is 8. The molecule has 1 aromatic heterocycles. The predicted octanol–water partition coefficient (Wildman–Crippen LogP) is 4.61. The highest BCUT2D eigenvalue weighted by Crippen LogP contribution is 2.27. The molecule has 0 spiro atoms. The van der Waals surface area contributed by atoms with Crippen molar-refractivity contribution in [2.75, 3.05) is 7.11 Å². The van der Waals surface area contributed by atoms with E-state index in [2.05, 4.69) is 15.0 Å². The average molecular weight is 512 g/mol. The normalized spacial score (nSPS) is 18.9. The summed E-state index contributed by atoms with van der Waals surface area (Å²) in [6, 6.07) is 16.2. The second-order valence-corrected chi connectivity index (χ2v) is 10.8. The number of carbonyl (C=O) groups excluding carboxylic acids is 1. The lowest BCUT2D eigenvalue weighted by molar-refractivity contribution is -0.126. The van der Waals surface area contributed by atoms with Gasteiger partial charge in [-0.2, -0.15) is 0 Å². The Morgan fingerprint density at radius 3 is 2.42 bits per heavy atom. The Morgan fingerprint density at radius 2 is 1.78 bits per heavy atom. The minimum atomic E-state index is -3.74. The summed E-state index contributed by atoms with van der Waals surface area (Å²) in [5.41, 5.74) is 2.31. The van der Waals surface area contributed by atoms with Gasteiger partial charge in [-0.3, -0.25) is 9.78 Å². The first-order valence-electron chi connectivity index (χ1n) is 11.9. The van der Waals surface area contributed by atoms with Crippen molar-refractivity contribution in [1.29, 1.82) is 0 Å². The number of carbonyl (C=O) groups is 1. The molecule has 2 N–H and O–H groups in total. The molecule has 1 saturated carbocycles. The molecule has 7 nitrogen and oxygen atoms in total. The fourth-order valence-corrected chi connectivity index (χ4v) is 5.67. The van der Waals surface area contributed by atoms with E-state index in [1.807, 2.05) is 31.2 Å². The van der Waals surface area contributed by atoms with Gasteiger partial charge in [0.1, 0.15) is 16.5 Å². The van der Waals surface area contributed by atoms with Crippen molar-refractivity contribution in [3.8, 4) is 17.0 Å². The molecule has 1 unspecified atom stereocenters. The summed E-state index contributed by atoms with van der Waals surface area (Å²) < 4.78 is 47.0. The van der Waals surface area contributed by atoms with E-state index < -0.39 is 10.0 Å². The van der Waals surface area contributed by atoms with Gasteiger partial charge in [-0.05, 0) is 74.6 Å². The van der Waals surface area contributed by atoms with Gasteiger partial charge in [0.15, 0.2) is 0 Å². The first-order chi connectivity index (χ1) is 17.2. The molecule has 0 radical (unpaired) electrons. The third kappa shape index (κ3) is 6.27. The maximum atomic E-state index is 13.1. The highest BCUT2D eigenvalue weighted by Gasteiger charge is 2.30. The molecule has 190 valence electrons. The predicted molar refractivity (Wildman–Crippen MR) is 135 cm³/mol. The summed E-state index contributed by atoms with van der Waals surface area (Å²) in [7, 11) is -2.15. The van der Waals surface area contributed by atoms with Gasteiger partial charge in [-0.25, -0.2) is 17.5 Å². The molecule has 1 fully saturated rings. The molecule has 1 heterocycles. The zero-order valence-electron chi connectivity index (χ0n) is 20.3. The van der Waals surface area contributed by atoms with Crippen molar-refractivity contribution < 1.29 is 22.3 Å². The minimum absolute atomic E-state index is 0.0644. The van der Waals surface area contributed by atoms with E-state index in [-0.39, 0.29) is 34.6 Å². The van der Waals surface area contributed by atoms with Crippen LogP contribution in [0.25, 0.3) is 11.3 Å². The van der Waals surface area contributed by atoms with E-state index in [1.54, 1.807) is 31.4 Å². The standard InChI is InChI=1S/C27H30FN3O4S/c1-18(19-6-10-22(28)11-7-19)30-27(32)20-8-12-23(13-9-20)31-36(33,34)25-14-15-26(29-17-25)21-4-3-5-24(16-21)35-2/h3-7,10-11,14-18,20,23,31H,8-9,12-13H2,1-2H3,(H,30,32). The molecule has 9 heteroatoms. The van der Waals surface area contributed by atoms with Crippen LogP contribution in [0.15, 0.2) is 71.8 Å². The van der Waals surface area contributed by atoms with Crippen LogP contribution in [0.2, 0.25) is 0 Å². The SMILES string of the molecule is COc1cccc(-c2ccc(S(=O)(=O)NC3CCC(C(=O)NC(C)c4ccc(F)cc4)CC3)cn2)c1. The molecule has 36 heavy (non-hydrogen) atoms. The van der Waals surface area contributed by atoms with E-state index in [0.717, 1.165) is 11.1 Å². The number of halogens is 1. The summed E-state index contributed by atoms with van der Waals surface area (Å²) in [6.07, 6.45) is 3.66. The van der Waals surface area contributed by atoms with E-state index in [1.165, 1.54) is 18.3 Å². The fraction of sp³-hybridized carbons (Fsp3) is 0.333. The monoisotopic (exact) mass is 511 g/mol. The molecule has 0 bridgehead atoms. The van der Waals surface area contributed by atoms with Crippen LogP contribution < -0.4 is 14.8 Å². The van der Waals surface area contributed by atoms with Gasteiger partial charge in [0.25, 0.3) is 0 Å². The Balaban J connectivity index is 1.31. The van der Waals surface area contributed by atoms with E-state index >= 15 is 0 Å². The number of aromatic nitrogens is 1. The number of pyridine rings is 1. The molecule has 4 rings (SSSR count). The number of ether oxygens (including phenoxy) is 1. The van der Waals surface area contributed by atoms with E-state index in [4.69, 9.17) is 4.74 Å². The molecule has 1 atom stereocenters. The quantitative estimate of drug-likeness (QED) is 0.460. The number of nitrogens with one attached hydrogen (secondary N) is 2. The Bertz CT molecular complexity index is 1290. The minimum Gasteiger partial charge on any atom is -0.497 e. The molecule has 1 aliphatic rings. The van der Waals surface area contributed by atoms with Gasteiger partial charge >= 0.3 is 0 Å². The second-order valence-electron chi connectivity index (χ2n) is 9.06. The number of sulfonamides is 1. The lowest BCUT2D eigenvalue weighted by Crippen LogP contribution is -2.41. The fourth-order valence-electron chi connectivity index (χ4n) is 4.42. The Kier molecular flexibility index (Phi) is 8.01. The number of amides is 1. The van der Waals surface area contributed by atoms with Crippen molar-refractivity contribution in [2.24, 2.45) is 5.92 Å². The van der Waals surface area contributed by atoms with Crippen LogP contribution in [0, 0.1) is 11.7 Å². The number of nitrogens with zero attached hydrogens (tertiary/aromatic N) is 1. The first kappa shape index (κ1) is 25.8. The smallest absolute Gasteiger partial charge is 0.242 e.